The first kappa shape index (κ1) is 22.2. The van der Waals surface area contributed by atoms with E-state index in [1.54, 1.807) is 14.1 Å². The van der Waals surface area contributed by atoms with Crippen molar-refractivity contribution >= 4 is 12.1 Å². The Balaban J connectivity index is 1.44. The highest BCUT2D eigenvalue weighted by Crippen LogP contribution is 2.15. The van der Waals surface area contributed by atoms with E-state index in [-0.39, 0.29) is 17.8 Å². The number of guanidine groups is 1. The topological polar surface area (TPSA) is 106 Å². The number of hydrogen-bond donors (Lipinski definition) is 2. The molecule has 10 heteroatoms. The van der Waals surface area contributed by atoms with Crippen molar-refractivity contribution in [3.8, 4) is 0 Å². The van der Waals surface area contributed by atoms with Crippen LogP contribution in [-0.4, -0.2) is 69.1 Å². The van der Waals surface area contributed by atoms with Crippen LogP contribution in [0.4, 0.5) is 4.79 Å². The summed E-state index contributed by atoms with van der Waals surface area (Å²) in [6.07, 6.45) is 3.49. The van der Waals surface area contributed by atoms with E-state index in [1.165, 1.54) is 0 Å². The minimum absolute atomic E-state index is 0.00425. The lowest BCUT2D eigenvalue weighted by molar-refractivity contribution is 0.00700. The Morgan fingerprint density at radius 1 is 1.30 bits per heavy atom. The van der Waals surface area contributed by atoms with Crippen LogP contribution in [0.1, 0.15) is 52.8 Å². The summed E-state index contributed by atoms with van der Waals surface area (Å²) in [5.41, 5.74) is -0.488. The summed E-state index contributed by atoms with van der Waals surface area (Å²) < 4.78 is 8.75. The second-order valence-corrected chi connectivity index (χ2v) is 8.87. The number of nitrogens with zero attached hydrogens (tertiary/aromatic N) is 5. The summed E-state index contributed by atoms with van der Waals surface area (Å²) in [4.78, 5) is 30.7. The molecular formula is C20H35N7O3. The number of carbonyl (C=O) groups excluding carboxylic acids is 1. The molecule has 168 valence electrons. The fourth-order valence-corrected chi connectivity index (χ4v) is 3.56. The van der Waals surface area contributed by atoms with Crippen molar-refractivity contribution in [1.29, 1.82) is 0 Å². The van der Waals surface area contributed by atoms with Gasteiger partial charge in [0.2, 0.25) is 0 Å². The molecule has 0 aliphatic carbocycles. The average Bonchev–Trinajstić information content (AvgIpc) is 2.96. The largest absolute Gasteiger partial charge is 0.444 e. The van der Waals surface area contributed by atoms with E-state index in [0.29, 0.717) is 26.2 Å². The summed E-state index contributed by atoms with van der Waals surface area (Å²) in [5, 5.41) is 11.0. The Bertz CT molecular complexity index is 815. The number of nitrogens with one attached hydrogen (secondary N) is 2. The molecule has 0 radical (unpaired) electrons. The van der Waals surface area contributed by atoms with Gasteiger partial charge in [-0.15, -0.1) is 0 Å². The molecule has 1 fully saturated rings. The third-order valence-corrected chi connectivity index (χ3v) is 5.05. The molecular weight excluding hydrogens is 386 g/mol. The van der Waals surface area contributed by atoms with Crippen molar-refractivity contribution in [2.75, 3.05) is 26.2 Å². The van der Waals surface area contributed by atoms with Crippen LogP contribution in [0.5, 0.6) is 0 Å². The summed E-state index contributed by atoms with van der Waals surface area (Å²) in [6.45, 7) is 11.5. The third-order valence-electron chi connectivity index (χ3n) is 5.05. The highest BCUT2D eigenvalue weighted by atomic mass is 16.6. The molecule has 3 heterocycles. The van der Waals surface area contributed by atoms with Crippen molar-refractivity contribution in [2.45, 2.75) is 78.1 Å². The van der Waals surface area contributed by atoms with Crippen LogP contribution in [-0.2, 0) is 24.2 Å². The number of ether oxygens (including phenoxy) is 1. The molecule has 1 aromatic heterocycles. The Hall–Kier alpha value is -2.52. The van der Waals surface area contributed by atoms with Gasteiger partial charge in [-0.05, 0) is 47.0 Å². The van der Waals surface area contributed by atoms with Crippen LogP contribution in [0.2, 0.25) is 0 Å². The molecule has 0 bridgehead atoms. The minimum atomic E-state index is -0.484. The average molecular weight is 422 g/mol. The van der Waals surface area contributed by atoms with Gasteiger partial charge in [0.1, 0.15) is 11.4 Å². The molecule has 0 atom stereocenters. The fourth-order valence-electron chi connectivity index (χ4n) is 3.56. The number of hydrogen-bond acceptors (Lipinski definition) is 5. The first-order valence-electron chi connectivity index (χ1n) is 11.0. The van der Waals surface area contributed by atoms with Crippen molar-refractivity contribution in [3.63, 3.8) is 0 Å². The molecule has 2 aliphatic rings. The molecule has 30 heavy (non-hydrogen) atoms. The maximum absolute atomic E-state index is 12.4. The lowest BCUT2D eigenvalue weighted by Crippen LogP contribution is -2.63. The first-order chi connectivity index (χ1) is 14.3. The zero-order valence-electron chi connectivity index (χ0n) is 18.6. The summed E-state index contributed by atoms with van der Waals surface area (Å²) in [6, 6.07) is 0.151. The second-order valence-electron chi connectivity index (χ2n) is 8.87. The highest BCUT2D eigenvalue weighted by Gasteiger charge is 2.34. The molecule has 0 saturated carbocycles. The molecule has 0 aromatic carbocycles. The Morgan fingerprint density at radius 2 is 2.07 bits per heavy atom. The Labute approximate surface area is 177 Å². The van der Waals surface area contributed by atoms with Gasteiger partial charge in [-0.2, -0.15) is 5.10 Å². The zero-order chi connectivity index (χ0) is 21.7. The van der Waals surface area contributed by atoms with Crippen molar-refractivity contribution in [2.24, 2.45) is 4.99 Å². The quantitative estimate of drug-likeness (QED) is 0.402. The van der Waals surface area contributed by atoms with Gasteiger partial charge in [0, 0.05) is 45.7 Å². The van der Waals surface area contributed by atoms with E-state index in [9.17, 15) is 9.59 Å². The van der Waals surface area contributed by atoms with Gasteiger partial charge in [0.15, 0.2) is 5.96 Å². The Kier molecular flexibility index (Phi) is 7.04. The van der Waals surface area contributed by atoms with Gasteiger partial charge in [-0.1, -0.05) is 0 Å². The number of aryl methyl sites for hydroxylation is 2. The molecule has 10 nitrogen and oxygen atoms in total. The third kappa shape index (κ3) is 5.76. The summed E-state index contributed by atoms with van der Waals surface area (Å²) in [7, 11) is 0. The Morgan fingerprint density at radius 3 is 2.73 bits per heavy atom. The van der Waals surface area contributed by atoms with Gasteiger partial charge in [0.05, 0.1) is 6.04 Å². The maximum atomic E-state index is 12.4. The monoisotopic (exact) mass is 421 g/mol. The molecule has 1 aromatic rings. The van der Waals surface area contributed by atoms with Crippen LogP contribution >= 0.6 is 0 Å². The maximum Gasteiger partial charge on any atom is 0.410 e. The first-order valence-corrected chi connectivity index (χ1v) is 11.0. The van der Waals surface area contributed by atoms with E-state index in [2.05, 4.69) is 20.7 Å². The number of carbonyl (C=O) groups is 1. The summed E-state index contributed by atoms with van der Waals surface area (Å²) in [5.74, 6) is 1.63. The predicted molar refractivity (Wildman–Crippen MR) is 115 cm³/mol. The number of fused-ring (bicyclic) bond motifs is 1. The molecule has 1 amide bonds. The molecule has 2 N–H and O–H groups in total. The highest BCUT2D eigenvalue weighted by molar-refractivity contribution is 5.80. The molecule has 3 rings (SSSR count). The molecule has 1 saturated heterocycles. The van der Waals surface area contributed by atoms with E-state index < -0.39 is 5.60 Å². The van der Waals surface area contributed by atoms with Gasteiger partial charge < -0.3 is 20.3 Å². The molecule has 0 unspecified atom stereocenters. The molecule has 2 aliphatic heterocycles. The molecule has 0 spiro atoms. The lowest BCUT2D eigenvalue weighted by atomic mass is 10.1. The van der Waals surface area contributed by atoms with Crippen molar-refractivity contribution in [1.82, 2.24) is 29.9 Å². The van der Waals surface area contributed by atoms with E-state index >= 15 is 0 Å². The zero-order valence-corrected chi connectivity index (χ0v) is 18.6. The van der Waals surface area contributed by atoms with Gasteiger partial charge in [-0.25, -0.2) is 14.3 Å². The number of rotatable bonds is 6. The van der Waals surface area contributed by atoms with Gasteiger partial charge in [-0.3, -0.25) is 9.56 Å². The fraction of sp³-hybridized carbons (Fsp3) is 0.800. The number of aliphatic imine (C=N–C) groups is 1. The number of amides is 1. The van der Waals surface area contributed by atoms with Crippen molar-refractivity contribution < 1.29 is 9.53 Å². The SMILES string of the molecule is CCNC(=NCCCn1nc2n(c1=O)CCCC2)NC1CN(C(=O)OC(C)(C)C)C1. The number of likely N-dealkylation sites (tertiary alicyclic amines) is 1. The van der Waals surface area contributed by atoms with E-state index in [0.717, 1.165) is 50.6 Å². The van der Waals surface area contributed by atoms with Crippen LogP contribution in [0.25, 0.3) is 0 Å². The second kappa shape index (κ2) is 9.53. The normalized spacial score (nSPS) is 17.3. The number of aromatic nitrogens is 3. The van der Waals surface area contributed by atoms with E-state index in [4.69, 9.17) is 4.74 Å². The minimum Gasteiger partial charge on any atom is -0.444 e. The van der Waals surface area contributed by atoms with Gasteiger partial charge >= 0.3 is 11.8 Å². The van der Waals surface area contributed by atoms with Crippen LogP contribution in [0.3, 0.4) is 0 Å². The van der Waals surface area contributed by atoms with Crippen molar-refractivity contribution in [3.05, 3.63) is 16.3 Å². The predicted octanol–water partition coefficient (Wildman–Crippen LogP) is 0.946. The summed E-state index contributed by atoms with van der Waals surface area (Å²) >= 11 is 0. The van der Waals surface area contributed by atoms with Crippen LogP contribution in [0, 0.1) is 0 Å². The standard InChI is InChI=1S/C20H35N7O3/c1-5-21-17(23-15-13-25(14-15)19(29)30-20(2,3)4)22-10-8-12-27-18(28)26-11-7-6-9-16(26)24-27/h15H,5-14H2,1-4H3,(H2,21,22,23). The lowest BCUT2D eigenvalue weighted by Gasteiger charge is -2.40. The van der Waals surface area contributed by atoms with Crippen LogP contribution < -0.4 is 16.3 Å². The van der Waals surface area contributed by atoms with Gasteiger partial charge in [0.25, 0.3) is 0 Å². The smallest absolute Gasteiger partial charge is 0.410 e. The van der Waals surface area contributed by atoms with E-state index in [1.807, 2.05) is 27.7 Å². The van der Waals surface area contributed by atoms with Crippen LogP contribution in [0.15, 0.2) is 9.79 Å².